The fourth-order valence-corrected chi connectivity index (χ4v) is 3.08. The molecule has 0 aliphatic heterocycles. The van der Waals surface area contributed by atoms with E-state index in [4.69, 9.17) is 34.8 Å². The molecular formula is C15H13Cl3F3N. The molecule has 1 aliphatic carbocycles. The van der Waals surface area contributed by atoms with E-state index in [1.165, 1.54) is 6.08 Å². The second-order valence-corrected chi connectivity index (χ2v) is 6.55. The van der Waals surface area contributed by atoms with Crippen molar-refractivity contribution in [3.8, 4) is 0 Å². The largest absolute Gasteiger partial charge is 0.416 e. The number of anilines is 1. The Hall–Kier alpha value is -0.840. The molecule has 1 aromatic rings. The van der Waals surface area contributed by atoms with Crippen molar-refractivity contribution in [2.45, 2.75) is 18.5 Å². The maximum Gasteiger partial charge on any atom is 0.416 e. The summed E-state index contributed by atoms with van der Waals surface area (Å²) in [6, 6.07) is 3.87. The van der Waals surface area contributed by atoms with Crippen LogP contribution in [0.5, 0.6) is 0 Å². The smallest absolute Gasteiger partial charge is 0.378 e. The van der Waals surface area contributed by atoms with Gasteiger partial charge in [0, 0.05) is 35.8 Å². The number of hydrogen-bond acceptors (Lipinski definition) is 1. The first-order chi connectivity index (χ1) is 10.1. The first kappa shape index (κ1) is 17.5. The van der Waals surface area contributed by atoms with Crippen molar-refractivity contribution < 1.29 is 13.2 Å². The average Bonchev–Trinajstić information content (AvgIpc) is 2.41. The zero-order valence-electron chi connectivity index (χ0n) is 11.8. The highest BCUT2D eigenvalue weighted by molar-refractivity contribution is 6.42. The summed E-state index contributed by atoms with van der Waals surface area (Å²) in [6.07, 6.45) is -2.59. The van der Waals surface area contributed by atoms with Crippen LogP contribution in [-0.4, -0.2) is 14.1 Å². The van der Waals surface area contributed by atoms with E-state index < -0.39 is 17.7 Å². The van der Waals surface area contributed by atoms with Gasteiger partial charge < -0.3 is 4.90 Å². The lowest BCUT2D eigenvalue weighted by Gasteiger charge is -2.24. The van der Waals surface area contributed by atoms with Crippen LogP contribution in [0.2, 0.25) is 0 Å². The molecule has 1 nitrogen and oxygen atoms in total. The summed E-state index contributed by atoms with van der Waals surface area (Å²) in [4.78, 5) is 1.61. The van der Waals surface area contributed by atoms with E-state index >= 15 is 0 Å². The Kier molecular flexibility index (Phi) is 5.05. The summed E-state index contributed by atoms with van der Waals surface area (Å²) in [6.45, 7) is 0. The highest BCUT2D eigenvalue weighted by Gasteiger charge is 2.33. The van der Waals surface area contributed by atoms with Crippen molar-refractivity contribution in [1.82, 2.24) is 0 Å². The minimum Gasteiger partial charge on any atom is -0.378 e. The molecule has 0 spiro atoms. The van der Waals surface area contributed by atoms with E-state index in [1.807, 2.05) is 0 Å². The third kappa shape index (κ3) is 3.73. The molecule has 22 heavy (non-hydrogen) atoms. The summed E-state index contributed by atoms with van der Waals surface area (Å²) in [5.41, 5.74) is 0.156. The predicted molar refractivity (Wildman–Crippen MR) is 85.8 cm³/mol. The molecule has 0 bridgehead atoms. The molecule has 0 heterocycles. The number of alkyl halides is 3. The van der Waals surface area contributed by atoms with Crippen LogP contribution >= 0.6 is 34.8 Å². The van der Waals surface area contributed by atoms with Crippen LogP contribution < -0.4 is 4.90 Å². The van der Waals surface area contributed by atoms with Gasteiger partial charge in [0.05, 0.1) is 10.6 Å². The number of halogens is 6. The normalized spacial score (nSPS) is 19.3. The number of benzene rings is 1. The zero-order valence-corrected chi connectivity index (χ0v) is 14.1. The third-order valence-electron chi connectivity index (χ3n) is 3.40. The first-order valence-corrected chi connectivity index (χ1v) is 7.53. The minimum absolute atomic E-state index is 0.256. The Morgan fingerprint density at radius 1 is 1.09 bits per heavy atom. The lowest BCUT2D eigenvalue weighted by Crippen LogP contribution is -2.14. The summed E-state index contributed by atoms with van der Waals surface area (Å²) >= 11 is 18.2. The molecule has 0 saturated heterocycles. The molecule has 7 heteroatoms. The second kappa shape index (κ2) is 6.34. The van der Waals surface area contributed by atoms with E-state index in [-0.39, 0.29) is 5.03 Å². The number of rotatable bonds is 2. The first-order valence-electron chi connectivity index (χ1n) is 6.40. The SMILES string of the molecule is CN(C)c1cc(C2CC(Cl)=CC(Cl)=C2Cl)cc(C(F)(F)F)c1. The summed E-state index contributed by atoms with van der Waals surface area (Å²) < 4.78 is 39.3. The van der Waals surface area contributed by atoms with Crippen molar-refractivity contribution in [1.29, 1.82) is 0 Å². The molecule has 0 fully saturated rings. The highest BCUT2D eigenvalue weighted by Crippen LogP contribution is 2.44. The van der Waals surface area contributed by atoms with Gasteiger partial charge in [-0.3, -0.25) is 0 Å². The maximum absolute atomic E-state index is 13.1. The fourth-order valence-electron chi connectivity index (χ4n) is 2.24. The van der Waals surface area contributed by atoms with Crippen molar-refractivity contribution in [2.75, 3.05) is 19.0 Å². The minimum atomic E-state index is -4.44. The van der Waals surface area contributed by atoms with Crippen molar-refractivity contribution in [3.05, 3.63) is 50.5 Å². The summed E-state index contributed by atoms with van der Waals surface area (Å²) in [5.74, 6) is -0.479. The Bertz CT molecular complexity index is 648. The summed E-state index contributed by atoms with van der Waals surface area (Å²) in [5, 5.41) is 1.02. The summed E-state index contributed by atoms with van der Waals surface area (Å²) in [7, 11) is 3.36. The molecule has 0 aromatic heterocycles. The highest BCUT2D eigenvalue weighted by atomic mass is 35.5. The monoisotopic (exact) mass is 369 g/mol. The molecule has 0 N–H and O–H groups in total. The molecule has 1 unspecified atom stereocenters. The fraction of sp³-hybridized carbons (Fsp3) is 0.333. The van der Waals surface area contributed by atoms with Gasteiger partial charge in [0.2, 0.25) is 0 Å². The molecule has 0 radical (unpaired) electrons. The third-order valence-corrected chi connectivity index (χ3v) is 4.54. The Labute approximate surface area is 141 Å². The van der Waals surface area contributed by atoms with Gasteiger partial charge in [-0.1, -0.05) is 34.8 Å². The molecule has 1 aromatic carbocycles. The van der Waals surface area contributed by atoms with Gasteiger partial charge in [-0.15, -0.1) is 0 Å². The quantitative estimate of drug-likeness (QED) is 0.610. The Balaban J connectivity index is 2.56. The van der Waals surface area contributed by atoms with E-state index in [2.05, 4.69) is 0 Å². The van der Waals surface area contributed by atoms with Crippen LogP contribution in [-0.2, 0) is 6.18 Å². The Morgan fingerprint density at radius 3 is 2.27 bits per heavy atom. The topological polar surface area (TPSA) is 3.24 Å². The van der Waals surface area contributed by atoms with Crippen LogP contribution in [0.3, 0.4) is 0 Å². The molecular weight excluding hydrogens is 358 g/mol. The van der Waals surface area contributed by atoms with Crippen LogP contribution in [0, 0.1) is 0 Å². The van der Waals surface area contributed by atoms with Gasteiger partial charge in [0.15, 0.2) is 0 Å². The Morgan fingerprint density at radius 2 is 1.73 bits per heavy atom. The lowest BCUT2D eigenvalue weighted by molar-refractivity contribution is -0.137. The van der Waals surface area contributed by atoms with Gasteiger partial charge >= 0.3 is 6.18 Å². The molecule has 0 amide bonds. The van der Waals surface area contributed by atoms with Crippen molar-refractivity contribution >= 4 is 40.5 Å². The van der Waals surface area contributed by atoms with E-state index in [0.717, 1.165) is 12.1 Å². The number of allylic oxidation sites excluding steroid dienone is 4. The van der Waals surface area contributed by atoms with Gasteiger partial charge in [-0.25, -0.2) is 0 Å². The molecule has 1 atom stereocenters. The molecule has 0 saturated carbocycles. The van der Waals surface area contributed by atoms with Crippen LogP contribution in [0.25, 0.3) is 0 Å². The van der Waals surface area contributed by atoms with Crippen LogP contribution in [0.1, 0.15) is 23.5 Å². The molecule has 1 aliphatic rings. The maximum atomic E-state index is 13.1. The van der Waals surface area contributed by atoms with Gasteiger partial charge in [-0.05, 0) is 36.3 Å². The predicted octanol–water partition coefficient (Wildman–Crippen LogP) is 6.07. The van der Waals surface area contributed by atoms with E-state index in [0.29, 0.717) is 27.7 Å². The van der Waals surface area contributed by atoms with Crippen molar-refractivity contribution in [3.63, 3.8) is 0 Å². The van der Waals surface area contributed by atoms with Crippen LogP contribution in [0.15, 0.2) is 39.4 Å². The second-order valence-electron chi connectivity index (χ2n) is 5.25. The van der Waals surface area contributed by atoms with Gasteiger partial charge in [0.1, 0.15) is 0 Å². The van der Waals surface area contributed by atoms with E-state index in [9.17, 15) is 13.2 Å². The molecule has 2 rings (SSSR count). The van der Waals surface area contributed by atoms with Gasteiger partial charge in [-0.2, -0.15) is 13.2 Å². The van der Waals surface area contributed by atoms with Gasteiger partial charge in [0.25, 0.3) is 0 Å². The zero-order chi connectivity index (χ0) is 16.7. The number of nitrogens with zero attached hydrogens (tertiary/aromatic N) is 1. The van der Waals surface area contributed by atoms with E-state index in [1.54, 1.807) is 25.1 Å². The lowest BCUT2D eigenvalue weighted by atomic mass is 9.90. The van der Waals surface area contributed by atoms with Crippen LogP contribution in [0.4, 0.5) is 18.9 Å². The molecule has 120 valence electrons. The average molecular weight is 371 g/mol. The van der Waals surface area contributed by atoms with Crippen molar-refractivity contribution in [2.24, 2.45) is 0 Å². The standard InChI is InChI=1S/C15H13Cl3F3N/c1-22(2)11-4-8(3-9(5-11)15(19,20)21)12-6-10(16)7-13(17)14(12)18/h3-5,7,12H,6H2,1-2H3. The number of hydrogen-bond donors (Lipinski definition) is 0.